The van der Waals surface area contributed by atoms with Gasteiger partial charge < -0.3 is 15.3 Å². The van der Waals surface area contributed by atoms with Crippen LogP contribution in [0.3, 0.4) is 0 Å². The number of carbonyl (C=O) groups is 1. The van der Waals surface area contributed by atoms with Gasteiger partial charge in [-0.05, 0) is 56.8 Å². The molecule has 1 aliphatic rings. The van der Waals surface area contributed by atoms with Gasteiger partial charge in [0.05, 0.1) is 12.2 Å². The van der Waals surface area contributed by atoms with E-state index in [-0.39, 0.29) is 12.3 Å². The zero-order chi connectivity index (χ0) is 20.6. The van der Waals surface area contributed by atoms with Crippen LogP contribution in [0.25, 0.3) is 0 Å². The Morgan fingerprint density at radius 1 is 1.07 bits per heavy atom. The van der Waals surface area contributed by atoms with Crippen LogP contribution in [0, 0.1) is 11.8 Å². The SMILES string of the molecule is CCCCC/C=C\CC(O)/C=C/C=C/C1CCCCC1C(O)CCCC(=O)O. The first-order valence-corrected chi connectivity index (χ1v) is 11.1. The lowest BCUT2D eigenvalue weighted by Gasteiger charge is -2.33. The molecule has 1 saturated carbocycles. The van der Waals surface area contributed by atoms with Crippen LogP contribution in [-0.4, -0.2) is 33.5 Å². The Hall–Kier alpha value is -1.39. The van der Waals surface area contributed by atoms with Crippen LogP contribution >= 0.6 is 0 Å². The summed E-state index contributed by atoms with van der Waals surface area (Å²) in [6, 6.07) is 0. The summed E-state index contributed by atoms with van der Waals surface area (Å²) < 4.78 is 0. The largest absolute Gasteiger partial charge is 0.481 e. The third-order valence-corrected chi connectivity index (χ3v) is 5.58. The molecule has 0 aromatic heterocycles. The third kappa shape index (κ3) is 11.5. The van der Waals surface area contributed by atoms with Crippen LogP contribution in [0.15, 0.2) is 36.5 Å². The van der Waals surface area contributed by atoms with Crippen molar-refractivity contribution in [2.45, 2.75) is 96.2 Å². The summed E-state index contributed by atoms with van der Waals surface area (Å²) in [4.78, 5) is 10.7. The predicted molar refractivity (Wildman–Crippen MR) is 115 cm³/mol. The van der Waals surface area contributed by atoms with Gasteiger partial charge >= 0.3 is 5.97 Å². The summed E-state index contributed by atoms with van der Waals surface area (Å²) >= 11 is 0. The number of rotatable bonds is 14. The maximum Gasteiger partial charge on any atom is 0.303 e. The molecule has 0 saturated heterocycles. The summed E-state index contributed by atoms with van der Waals surface area (Å²) in [5.74, 6) is -0.260. The number of aliphatic carboxylic acids is 1. The zero-order valence-electron chi connectivity index (χ0n) is 17.5. The van der Waals surface area contributed by atoms with E-state index in [1.165, 1.54) is 25.7 Å². The zero-order valence-corrected chi connectivity index (χ0v) is 17.5. The van der Waals surface area contributed by atoms with Gasteiger partial charge in [-0.2, -0.15) is 0 Å². The Bertz CT molecular complexity index is 495. The topological polar surface area (TPSA) is 77.8 Å². The minimum Gasteiger partial charge on any atom is -0.481 e. The monoisotopic (exact) mass is 392 g/mol. The van der Waals surface area contributed by atoms with Crippen LogP contribution in [0.2, 0.25) is 0 Å². The number of hydrogen-bond acceptors (Lipinski definition) is 3. The van der Waals surface area contributed by atoms with Gasteiger partial charge in [0.1, 0.15) is 0 Å². The van der Waals surface area contributed by atoms with Crippen molar-refractivity contribution in [3.05, 3.63) is 36.5 Å². The van der Waals surface area contributed by atoms with Crippen molar-refractivity contribution >= 4 is 5.97 Å². The lowest BCUT2D eigenvalue weighted by molar-refractivity contribution is -0.137. The number of aliphatic hydroxyl groups is 2. The molecule has 160 valence electrons. The van der Waals surface area contributed by atoms with Gasteiger partial charge in [0.15, 0.2) is 0 Å². The molecule has 1 aliphatic carbocycles. The summed E-state index contributed by atoms with van der Waals surface area (Å²) in [5, 5.41) is 29.2. The summed E-state index contributed by atoms with van der Waals surface area (Å²) in [7, 11) is 0. The molecule has 3 N–H and O–H groups in total. The van der Waals surface area contributed by atoms with Gasteiger partial charge in [0, 0.05) is 6.42 Å². The second-order valence-electron chi connectivity index (χ2n) is 8.01. The maximum atomic E-state index is 10.7. The van der Waals surface area contributed by atoms with Gasteiger partial charge in [-0.3, -0.25) is 4.79 Å². The van der Waals surface area contributed by atoms with Gasteiger partial charge in [-0.1, -0.05) is 69.1 Å². The highest BCUT2D eigenvalue weighted by molar-refractivity contribution is 5.66. The summed E-state index contributed by atoms with van der Waals surface area (Å²) in [6.07, 6.45) is 22.2. The number of aliphatic hydroxyl groups excluding tert-OH is 2. The number of carboxylic acid groups (broad SMARTS) is 1. The average Bonchev–Trinajstić information content (AvgIpc) is 2.68. The first kappa shape index (κ1) is 24.6. The number of allylic oxidation sites excluding steroid dienone is 4. The van der Waals surface area contributed by atoms with Crippen molar-refractivity contribution < 1.29 is 20.1 Å². The van der Waals surface area contributed by atoms with Gasteiger partial charge in [0.2, 0.25) is 0 Å². The van der Waals surface area contributed by atoms with Crippen LogP contribution < -0.4 is 0 Å². The Labute approximate surface area is 171 Å². The van der Waals surface area contributed by atoms with E-state index in [2.05, 4.69) is 25.2 Å². The van der Waals surface area contributed by atoms with E-state index in [4.69, 9.17) is 5.11 Å². The Morgan fingerprint density at radius 3 is 2.61 bits per heavy atom. The fraction of sp³-hybridized carbons (Fsp3) is 0.708. The third-order valence-electron chi connectivity index (χ3n) is 5.58. The molecule has 4 atom stereocenters. The molecule has 0 radical (unpaired) electrons. The molecule has 0 spiro atoms. The summed E-state index contributed by atoms with van der Waals surface area (Å²) in [5.41, 5.74) is 0. The van der Waals surface area contributed by atoms with E-state index >= 15 is 0 Å². The maximum absolute atomic E-state index is 10.7. The average molecular weight is 393 g/mol. The Balaban J connectivity index is 2.38. The number of hydrogen-bond donors (Lipinski definition) is 3. The molecule has 0 aliphatic heterocycles. The van der Waals surface area contributed by atoms with Crippen molar-refractivity contribution in [2.24, 2.45) is 11.8 Å². The number of unbranched alkanes of at least 4 members (excludes halogenated alkanes) is 3. The van der Waals surface area contributed by atoms with Gasteiger partial charge in [-0.25, -0.2) is 0 Å². The van der Waals surface area contributed by atoms with E-state index in [1.54, 1.807) is 0 Å². The van der Waals surface area contributed by atoms with Crippen LogP contribution in [0.5, 0.6) is 0 Å². The first-order valence-electron chi connectivity index (χ1n) is 11.1. The molecule has 0 aromatic carbocycles. The van der Waals surface area contributed by atoms with Crippen molar-refractivity contribution in [2.75, 3.05) is 0 Å². The highest BCUT2D eigenvalue weighted by atomic mass is 16.4. The molecular formula is C24H40O4. The predicted octanol–water partition coefficient (Wildman–Crippen LogP) is 5.41. The van der Waals surface area contributed by atoms with Crippen molar-refractivity contribution in [3.63, 3.8) is 0 Å². The molecule has 4 unspecified atom stereocenters. The second-order valence-corrected chi connectivity index (χ2v) is 8.01. The van der Waals surface area contributed by atoms with Crippen molar-refractivity contribution in [1.29, 1.82) is 0 Å². The van der Waals surface area contributed by atoms with Crippen molar-refractivity contribution in [1.82, 2.24) is 0 Å². The lowest BCUT2D eigenvalue weighted by atomic mass is 9.75. The van der Waals surface area contributed by atoms with Gasteiger partial charge in [0.25, 0.3) is 0 Å². The smallest absolute Gasteiger partial charge is 0.303 e. The van der Waals surface area contributed by atoms with Crippen LogP contribution in [-0.2, 0) is 4.79 Å². The second kappa shape index (κ2) is 15.5. The standard InChI is InChI=1S/C24H40O4/c1-2-3-4-5-6-7-15-21(25)16-10-8-13-20-14-9-11-17-22(20)23(26)18-12-19-24(27)28/h6-8,10,13,16,20-23,25-26H,2-5,9,11-12,14-15,17-19H2,1H3,(H,27,28)/b7-6-,13-8+,16-10+. The molecule has 0 bridgehead atoms. The van der Waals surface area contributed by atoms with Crippen molar-refractivity contribution in [3.8, 4) is 0 Å². The van der Waals surface area contributed by atoms with E-state index in [0.29, 0.717) is 25.2 Å². The van der Waals surface area contributed by atoms with Gasteiger partial charge in [-0.15, -0.1) is 0 Å². The molecule has 0 amide bonds. The fourth-order valence-corrected chi connectivity index (χ4v) is 3.92. The molecule has 1 rings (SSSR count). The highest BCUT2D eigenvalue weighted by Crippen LogP contribution is 2.34. The first-order chi connectivity index (χ1) is 13.5. The molecular weight excluding hydrogens is 352 g/mol. The molecule has 28 heavy (non-hydrogen) atoms. The minimum atomic E-state index is -0.799. The highest BCUT2D eigenvalue weighted by Gasteiger charge is 2.28. The Kier molecular flexibility index (Phi) is 13.7. The van der Waals surface area contributed by atoms with Crippen LogP contribution in [0.1, 0.15) is 84.0 Å². The normalized spacial score (nSPS) is 23.0. The van der Waals surface area contributed by atoms with Crippen LogP contribution in [0.4, 0.5) is 0 Å². The number of carboxylic acids is 1. The molecule has 1 fully saturated rings. The Morgan fingerprint density at radius 2 is 1.86 bits per heavy atom. The molecule has 0 heterocycles. The lowest BCUT2D eigenvalue weighted by Crippen LogP contribution is -2.30. The molecule has 0 aromatic rings. The fourth-order valence-electron chi connectivity index (χ4n) is 3.92. The summed E-state index contributed by atoms with van der Waals surface area (Å²) in [6.45, 7) is 2.20. The minimum absolute atomic E-state index is 0.123. The molecule has 4 heteroatoms. The quantitative estimate of drug-likeness (QED) is 0.210. The molecule has 4 nitrogen and oxygen atoms in total. The van der Waals surface area contributed by atoms with E-state index in [9.17, 15) is 15.0 Å². The van der Waals surface area contributed by atoms with E-state index < -0.39 is 18.2 Å². The van der Waals surface area contributed by atoms with E-state index in [0.717, 1.165) is 25.7 Å². The van der Waals surface area contributed by atoms with E-state index in [1.807, 2.05) is 18.2 Å².